The lowest BCUT2D eigenvalue weighted by atomic mass is 9.92. The number of methoxy groups -OCH3 is 1. The summed E-state index contributed by atoms with van der Waals surface area (Å²) in [6.07, 6.45) is 3.75. The Morgan fingerprint density at radius 1 is 1.53 bits per heavy atom. The highest BCUT2D eigenvalue weighted by Crippen LogP contribution is 2.22. The molecular formula is C13H26N2O2. The molecule has 1 rings (SSSR count). The van der Waals surface area contributed by atoms with Crippen LogP contribution in [0.25, 0.3) is 0 Å². The summed E-state index contributed by atoms with van der Waals surface area (Å²) in [5.41, 5.74) is 5.94. The van der Waals surface area contributed by atoms with Gasteiger partial charge in [0.15, 0.2) is 0 Å². The van der Waals surface area contributed by atoms with Gasteiger partial charge in [-0.15, -0.1) is 0 Å². The molecule has 0 aromatic heterocycles. The smallest absolute Gasteiger partial charge is 0.239 e. The zero-order chi connectivity index (χ0) is 12.8. The second-order valence-corrected chi connectivity index (χ2v) is 5.25. The number of carbonyl (C=O) groups excluding carboxylic acids is 1. The maximum atomic E-state index is 12.2. The van der Waals surface area contributed by atoms with Gasteiger partial charge in [0.05, 0.1) is 6.04 Å². The first kappa shape index (κ1) is 14.5. The van der Waals surface area contributed by atoms with Crippen LogP contribution in [0.2, 0.25) is 0 Å². The molecule has 3 atom stereocenters. The number of rotatable bonds is 5. The zero-order valence-corrected chi connectivity index (χ0v) is 11.3. The summed E-state index contributed by atoms with van der Waals surface area (Å²) in [7, 11) is 1.67. The number of carbonyl (C=O) groups is 1. The summed E-state index contributed by atoms with van der Waals surface area (Å²) in [6, 6.07) is -0.0271. The first-order valence-corrected chi connectivity index (χ1v) is 6.61. The summed E-state index contributed by atoms with van der Waals surface area (Å²) in [5.74, 6) is 0.833. The van der Waals surface area contributed by atoms with Crippen LogP contribution in [0.3, 0.4) is 0 Å². The van der Waals surface area contributed by atoms with Gasteiger partial charge in [0.25, 0.3) is 0 Å². The molecule has 1 amide bonds. The van der Waals surface area contributed by atoms with Crippen molar-refractivity contribution in [1.82, 2.24) is 4.90 Å². The van der Waals surface area contributed by atoms with E-state index in [0.29, 0.717) is 19.1 Å². The highest BCUT2D eigenvalue weighted by Gasteiger charge is 2.29. The van der Waals surface area contributed by atoms with E-state index in [0.717, 1.165) is 31.7 Å². The molecule has 17 heavy (non-hydrogen) atoms. The molecule has 0 spiro atoms. The van der Waals surface area contributed by atoms with Crippen molar-refractivity contribution in [3.8, 4) is 0 Å². The van der Waals surface area contributed by atoms with Crippen LogP contribution in [0.15, 0.2) is 0 Å². The third-order valence-electron chi connectivity index (χ3n) is 3.60. The van der Waals surface area contributed by atoms with Crippen molar-refractivity contribution in [3.63, 3.8) is 0 Å². The number of ether oxygens (including phenoxy) is 1. The molecule has 1 aliphatic rings. The standard InChI is InChI=1S/C13H26N2O2/c1-10-6-7-15(11(2)9-10)13(16)12(14)5-4-8-17-3/h10-12H,4-9,14H2,1-3H3. The Hall–Kier alpha value is -0.610. The Morgan fingerprint density at radius 3 is 2.82 bits per heavy atom. The van der Waals surface area contributed by atoms with Crippen LogP contribution < -0.4 is 5.73 Å². The fraction of sp³-hybridized carbons (Fsp3) is 0.923. The molecule has 0 aromatic rings. The third-order valence-corrected chi connectivity index (χ3v) is 3.60. The lowest BCUT2D eigenvalue weighted by Gasteiger charge is -2.38. The van der Waals surface area contributed by atoms with Gasteiger partial charge in [-0.1, -0.05) is 6.92 Å². The second kappa shape index (κ2) is 6.97. The molecule has 0 bridgehead atoms. The van der Waals surface area contributed by atoms with Crippen molar-refractivity contribution in [3.05, 3.63) is 0 Å². The molecule has 1 aliphatic heterocycles. The molecule has 2 N–H and O–H groups in total. The van der Waals surface area contributed by atoms with Gasteiger partial charge in [-0.05, 0) is 38.5 Å². The zero-order valence-electron chi connectivity index (χ0n) is 11.3. The molecule has 0 saturated carbocycles. The minimum absolute atomic E-state index is 0.112. The summed E-state index contributed by atoms with van der Waals surface area (Å²) in [5, 5.41) is 0. The first-order valence-electron chi connectivity index (χ1n) is 6.61. The van der Waals surface area contributed by atoms with E-state index in [1.54, 1.807) is 7.11 Å². The quantitative estimate of drug-likeness (QED) is 0.741. The van der Waals surface area contributed by atoms with Gasteiger partial charge in [0.1, 0.15) is 0 Å². The van der Waals surface area contributed by atoms with Crippen LogP contribution >= 0.6 is 0 Å². The fourth-order valence-electron chi connectivity index (χ4n) is 2.52. The van der Waals surface area contributed by atoms with E-state index in [-0.39, 0.29) is 11.9 Å². The predicted octanol–water partition coefficient (Wildman–Crippen LogP) is 1.39. The Morgan fingerprint density at radius 2 is 2.24 bits per heavy atom. The maximum absolute atomic E-state index is 12.2. The molecule has 1 heterocycles. The van der Waals surface area contributed by atoms with Gasteiger partial charge >= 0.3 is 0 Å². The molecule has 4 nitrogen and oxygen atoms in total. The third kappa shape index (κ3) is 4.28. The van der Waals surface area contributed by atoms with E-state index in [9.17, 15) is 4.79 Å². The number of likely N-dealkylation sites (tertiary alicyclic amines) is 1. The molecule has 100 valence electrons. The van der Waals surface area contributed by atoms with Crippen LogP contribution in [-0.4, -0.2) is 43.2 Å². The lowest BCUT2D eigenvalue weighted by molar-refractivity contribution is -0.136. The Balaban J connectivity index is 2.40. The minimum Gasteiger partial charge on any atom is -0.385 e. The summed E-state index contributed by atoms with van der Waals surface area (Å²) >= 11 is 0. The van der Waals surface area contributed by atoms with Crippen LogP contribution in [0.1, 0.15) is 39.5 Å². The molecule has 0 aliphatic carbocycles. The highest BCUT2D eigenvalue weighted by atomic mass is 16.5. The van der Waals surface area contributed by atoms with E-state index in [1.807, 2.05) is 4.90 Å². The van der Waals surface area contributed by atoms with Crippen LogP contribution in [0.4, 0.5) is 0 Å². The number of nitrogens with two attached hydrogens (primary N) is 1. The normalized spacial score (nSPS) is 26.9. The molecule has 0 radical (unpaired) electrons. The Bertz CT molecular complexity index is 246. The van der Waals surface area contributed by atoms with Gasteiger partial charge in [0, 0.05) is 26.3 Å². The average molecular weight is 242 g/mol. The van der Waals surface area contributed by atoms with Crippen LogP contribution in [0.5, 0.6) is 0 Å². The van der Waals surface area contributed by atoms with Crippen molar-refractivity contribution in [2.24, 2.45) is 11.7 Å². The predicted molar refractivity (Wildman–Crippen MR) is 68.7 cm³/mol. The maximum Gasteiger partial charge on any atom is 0.239 e. The second-order valence-electron chi connectivity index (χ2n) is 5.25. The molecule has 0 aromatic carbocycles. The minimum atomic E-state index is -0.360. The lowest BCUT2D eigenvalue weighted by Crippen LogP contribution is -2.51. The Labute approximate surface area is 104 Å². The van der Waals surface area contributed by atoms with Crippen molar-refractivity contribution >= 4 is 5.91 Å². The van der Waals surface area contributed by atoms with E-state index < -0.39 is 0 Å². The SMILES string of the molecule is COCCCC(N)C(=O)N1CCC(C)CC1C. The Kier molecular flexibility index (Phi) is 5.92. The largest absolute Gasteiger partial charge is 0.385 e. The van der Waals surface area contributed by atoms with Crippen molar-refractivity contribution in [1.29, 1.82) is 0 Å². The summed E-state index contributed by atoms with van der Waals surface area (Å²) in [4.78, 5) is 14.1. The van der Waals surface area contributed by atoms with Crippen LogP contribution in [0, 0.1) is 5.92 Å². The molecule has 3 unspecified atom stereocenters. The summed E-state index contributed by atoms with van der Waals surface area (Å²) < 4.78 is 4.97. The van der Waals surface area contributed by atoms with Crippen molar-refractivity contribution in [2.45, 2.75) is 51.6 Å². The fourth-order valence-corrected chi connectivity index (χ4v) is 2.52. The number of hydrogen-bond donors (Lipinski definition) is 1. The average Bonchev–Trinajstić information content (AvgIpc) is 2.28. The number of piperidine rings is 1. The monoisotopic (exact) mass is 242 g/mol. The van der Waals surface area contributed by atoms with Crippen molar-refractivity contribution in [2.75, 3.05) is 20.3 Å². The van der Waals surface area contributed by atoms with E-state index in [4.69, 9.17) is 10.5 Å². The number of hydrogen-bond acceptors (Lipinski definition) is 3. The van der Waals surface area contributed by atoms with Gasteiger partial charge in [-0.2, -0.15) is 0 Å². The highest BCUT2D eigenvalue weighted by molar-refractivity contribution is 5.82. The van der Waals surface area contributed by atoms with Gasteiger partial charge in [0.2, 0.25) is 5.91 Å². The van der Waals surface area contributed by atoms with E-state index >= 15 is 0 Å². The number of nitrogens with zero attached hydrogens (tertiary/aromatic N) is 1. The molecule has 1 saturated heterocycles. The molecule has 1 fully saturated rings. The molecule has 4 heteroatoms. The van der Waals surface area contributed by atoms with E-state index in [2.05, 4.69) is 13.8 Å². The van der Waals surface area contributed by atoms with Crippen LogP contribution in [-0.2, 0) is 9.53 Å². The first-order chi connectivity index (χ1) is 8.06. The topological polar surface area (TPSA) is 55.6 Å². The van der Waals surface area contributed by atoms with Crippen molar-refractivity contribution < 1.29 is 9.53 Å². The van der Waals surface area contributed by atoms with E-state index in [1.165, 1.54) is 0 Å². The molecular weight excluding hydrogens is 216 g/mol. The van der Waals surface area contributed by atoms with Gasteiger partial charge in [-0.25, -0.2) is 0 Å². The van der Waals surface area contributed by atoms with Gasteiger partial charge in [-0.3, -0.25) is 4.79 Å². The summed E-state index contributed by atoms with van der Waals surface area (Å²) in [6.45, 7) is 5.90. The van der Waals surface area contributed by atoms with Gasteiger partial charge < -0.3 is 15.4 Å². The number of amides is 1.